The van der Waals surface area contributed by atoms with Gasteiger partial charge in [-0.25, -0.2) is 10.2 Å². The first-order chi connectivity index (χ1) is 32.6. The minimum atomic E-state index is 0.00199. The number of thioether (sulfide) groups is 1. The maximum Gasteiger partial charge on any atom is 0.315 e. The number of urea groups is 1. The number of anilines is 1. The van der Waals surface area contributed by atoms with Crippen molar-refractivity contribution in [2.24, 2.45) is 5.92 Å². The van der Waals surface area contributed by atoms with E-state index in [9.17, 15) is 9.59 Å². The summed E-state index contributed by atoms with van der Waals surface area (Å²) in [5.41, 5.74) is 11.4. The number of hydrogen-bond acceptors (Lipinski definition) is 11. The van der Waals surface area contributed by atoms with Gasteiger partial charge >= 0.3 is 6.03 Å². The van der Waals surface area contributed by atoms with Crippen molar-refractivity contribution in [2.75, 3.05) is 65.4 Å². The highest BCUT2D eigenvalue weighted by Crippen LogP contribution is 2.44. The SMILES string of the molecule is CC.CC.CC1SCC2NC(=O)NC21.CCC.CCCC(=O)NCCCCOCCOC.CCCCC(CC)CC.CCOc1cccc(NC2=C3Cc4cc(OC)c(OC)cc4C3NN2)c1. The second-order valence-corrected chi connectivity index (χ2v) is 17.4. The van der Waals surface area contributed by atoms with Crippen LogP contribution in [-0.4, -0.2) is 89.3 Å². The van der Waals surface area contributed by atoms with Crippen molar-refractivity contribution in [2.45, 2.75) is 177 Å². The highest BCUT2D eigenvalue weighted by atomic mass is 32.2. The number of methoxy groups -OCH3 is 3. The lowest BCUT2D eigenvalue weighted by atomic mass is 9.97. The third kappa shape index (κ3) is 24.3. The van der Waals surface area contributed by atoms with Crippen LogP contribution in [0.5, 0.6) is 17.2 Å². The Bertz CT molecular complexity index is 1610. The van der Waals surface area contributed by atoms with E-state index in [0.717, 1.165) is 79.3 Å². The minimum absolute atomic E-state index is 0.00199. The molecule has 3 aliphatic heterocycles. The predicted molar refractivity (Wildman–Crippen MR) is 284 cm³/mol. The Morgan fingerprint density at radius 3 is 2.13 bits per heavy atom. The molecule has 4 unspecified atom stereocenters. The number of carbonyl (C=O) groups is 2. The first kappa shape index (κ1) is 63.1. The Kier molecular flexibility index (Phi) is 37.8. The van der Waals surface area contributed by atoms with Crippen LogP contribution in [-0.2, 0) is 20.7 Å². The molecule has 0 aromatic heterocycles. The first-order valence-electron chi connectivity index (χ1n) is 25.6. The molecular weight excluding hydrogens is 865 g/mol. The Labute approximate surface area is 412 Å². The summed E-state index contributed by atoms with van der Waals surface area (Å²) in [4.78, 5) is 21.8. The molecule has 14 heteroatoms. The van der Waals surface area contributed by atoms with Gasteiger partial charge in [0.05, 0.1) is 52.2 Å². The average Bonchev–Trinajstić information content (AvgIpc) is 4.11. The van der Waals surface area contributed by atoms with Crippen molar-refractivity contribution in [3.63, 3.8) is 0 Å². The van der Waals surface area contributed by atoms with Crippen molar-refractivity contribution in [1.29, 1.82) is 0 Å². The Hall–Kier alpha value is -3.85. The van der Waals surface area contributed by atoms with Gasteiger partial charge in [-0.15, -0.1) is 0 Å². The second-order valence-electron chi connectivity index (χ2n) is 16.0. The predicted octanol–water partition coefficient (Wildman–Crippen LogP) is 11.7. The van der Waals surface area contributed by atoms with Crippen LogP contribution in [0.25, 0.3) is 0 Å². The van der Waals surface area contributed by atoms with Crippen molar-refractivity contribution in [3.8, 4) is 17.2 Å². The number of hydrogen-bond donors (Lipinski definition) is 6. The fourth-order valence-electron chi connectivity index (χ4n) is 7.37. The summed E-state index contributed by atoms with van der Waals surface area (Å²) in [6.45, 7) is 28.7. The van der Waals surface area contributed by atoms with Crippen LogP contribution in [0.1, 0.15) is 164 Å². The fraction of sp³-hybridized carbons (Fsp3) is 0.698. The Morgan fingerprint density at radius 2 is 1.54 bits per heavy atom. The number of amides is 3. The van der Waals surface area contributed by atoms with Crippen LogP contribution >= 0.6 is 11.8 Å². The molecule has 386 valence electrons. The lowest BCUT2D eigenvalue weighted by Gasteiger charge is -2.14. The van der Waals surface area contributed by atoms with Gasteiger partial charge in [-0.1, -0.05) is 121 Å². The van der Waals surface area contributed by atoms with E-state index in [1.165, 1.54) is 55.2 Å². The largest absolute Gasteiger partial charge is 0.494 e. The Balaban J connectivity index is 0.000000904. The number of benzene rings is 2. The molecule has 0 spiro atoms. The quantitative estimate of drug-likeness (QED) is 0.0524. The van der Waals surface area contributed by atoms with Gasteiger partial charge in [0.25, 0.3) is 0 Å². The van der Waals surface area contributed by atoms with Crippen LogP contribution in [0.15, 0.2) is 47.8 Å². The van der Waals surface area contributed by atoms with Crippen LogP contribution in [0.3, 0.4) is 0 Å². The number of rotatable bonds is 21. The molecular formula is C53H96N6O7S. The standard InChI is InChI=1S/C20H23N3O3.C11H23NO3.C9H20.C6H10N2OS.C3H8.2C2H6/c1-4-26-14-7-5-6-13(10-14)21-20-16-8-12-9-17(24-2)18(25-3)11-15(12)19(16)22-23-20;1-3-6-11(13)12-7-4-5-8-15-10-9-14-2;1-4-7-8-9(5-2)6-3;1-3-5-4(2-10-3)7-6(9)8-5;1-3-2;2*1-2/h5-7,9-11,19,21-23H,4,8H2,1-3H3;3-10H2,1-2H3,(H,12,13);9H,4-8H2,1-3H3;3-5H,2H2,1H3,(H2,7,8,9);3H2,1-2H3;2*1-2H3. The number of unbranched alkanes of at least 4 members (excludes halogenated alkanes) is 2. The number of carbonyl (C=O) groups excluding carboxylic acids is 2. The molecule has 2 aromatic rings. The van der Waals surface area contributed by atoms with E-state index in [4.69, 9.17) is 23.7 Å². The van der Waals surface area contributed by atoms with E-state index in [-0.39, 0.29) is 18.0 Å². The minimum Gasteiger partial charge on any atom is -0.494 e. The lowest BCUT2D eigenvalue weighted by molar-refractivity contribution is -0.121. The van der Waals surface area contributed by atoms with E-state index < -0.39 is 0 Å². The van der Waals surface area contributed by atoms with Gasteiger partial charge in [-0.3, -0.25) is 4.79 Å². The molecule has 0 saturated carbocycles. The lowest BCUT2D eigenvalue weighted by Crippen LogP contribution is -2.35. The molecule has 13 nitrogen and oxygen atoms in total. The number of fused-ring (bicyclic) bond motifs is 4. The number of nitrogens with one attached hydrogen (secondary N) is 6. The van der Waals surface area contributed by atoms with Crippen LogP contribution in [0.2, 0.25) is 0 Å². The zero-order valence-electron chi connectivity index (χ0n) is 44.6. The topological polar surface area (TPSA) is 152 Å². The summed E-state index contributed by atoms with van der Waals surface area (Å²) in [6.07, 6.45) is 12.6. The molecule has 6 rings (SSSR count). The third-order valence-corrected chi connectivity index (χ3v) is 12.3. The van der Waals surface area contributed by atoms with Gasteiger partial charge in [-0.2, -0.15) is 11.8 Å². The van der Waals surface area contributed by atoms with Crippen molar-refractivity contribution in [1.82, 2.24) is 26.8 Å². The molecule has 4 atom stereocenters. The summed E-state index contributed by atoms with van der Waals surface area (Å²) >= 11 is 1.91. The molecule has 67 heavy (non-hydrogen) atoms. The van der Waals surface area contributed by atoms with Gasteiger partial charge in [0.1, 0.15) is 11.6 Å². The normalized spacial score (nSPS) is 17.6. The van der Waals surface area contributed by atoms with E-state index in [1.54, 1.807) is 21.3 Å². The maximum absolute atomic E-state index is 11.1. The second kappa shape index (κ2) is 40.1. The monoisotopic (exact) mass is 961 g/mol. The van der Waals surface area contributed by atoms with Gasteiger partial charge in [0.15, 0.2) is 11.5 Å². The van der Waals surface area contributed by atoms with Crippen molar-refractivity contribution < 1.29 is 33.3 Å². The highest BCUT2D eigenvalue weighted by molar-refractivity contribution is 8.00. The Morgan fingerprint density at radius 1 is 0.851 bits per heavy atom. The average molecular weight is 961 g/mol. The van der Waals surface area contributed by atoms with Gasteiger partial charge < -0.3 is 50.4 Å². The van der Waals surface area contributed by atoms with Crippen molar-refractivity contribution in [3.05, 3.63) is 58.9 Å². The van der Waals surface area contributed by atoms with Gasteiger partial charge in [0, 0.05) is 49.4 Å². The zero-order chi connectivity index (χ0) is 50.4. The molecule has 0 bridgehead atoms. The fourth-order valence-corrected chi connectivity index (χ4v) is 8.64. The van der Waals surface area contributed by atoms with E-state index >= 15 is 0 Å². The summed E-state index contributed by atoms with van der Waals surface area (Å²) in [5, 5.41) is 12.7. The third-order valence-electron chi connectivity index (χ3n) is 10.9. The summed E-state index contributed by atoms with van der Waals surface area (Å²) < 4.78 is 26.6. The van der Waals surface area contributed by atoms with E-state index in [0.29, 0.717) is 43.6 Å². The maximum atomic E-state index is 11.1. The van der Waals surface area contributed by atoms with Crippen LogP contribution in [0.4, 0.5) is 10.5 Å². The van der Waals surface area contributed by atoms with Crippen LogP contribution in [0, 0.1) is 5.92 Å². The molecule has 2 aromatic carbocycles. The molecule has 6 N–H and O–H groups in total. The first-order valence-corrected chi connectivity index (χ1v) is 26.6. The summed E-state index contributed by atoms with van der Waals surface area (Å²) in [6, 6.07) is 13.0. The molecule has 3 amide bonds. The molecule has 0 radical (unpaired) electrons. The molecule has 4 aliphatic rings. The highest BCUT2D eigenvalue weighted by Gasteiger charge is 2.40. The van der Waals surface area contributed by atoms with E-state index in [1.807, 2.05) is 77.6 Å². The molecule has 2 fully saturated rings. The molecule has 3 heterocycles. The van der Waals surface area contributed by atoms with Gasteiger partial charge in [-0.05, 0) is 79.5 Å². The van der Waals surface area contributed by atoms with Gasteiger partial charge in [0.2, 0.25) is 5.91 Å². The summed E-state index contributed by atoms with van der Waals surface area (Å²) in [5.74, 6) is 5.57. The number of ether oxygens (including phenoxy) is 5. The number of hydrazine groups is 1. The smallest absolute Gasteiger partial charge is 0.315 e. The molecule has 2 saturated heterocycles. The zero-order valence-corrected chi connectivity index (χ0v) is 45.5. The van der Waals surface area contributed by atoms with E-state index in [2.05, 4.69) is 85.8 Å². The summed E-state index contributed by atoms with van der Waals surface area (Å²) in [7, 11) is 4.98. The van der Waals surface area contributed by atoms with Crippen LogP contribution < -0.4 is 46.3 Å². The van der Waals surface area contributed by atoms with Crippen molar-refractivity contribution >= 4 is 29.4 Å². The molecule has 1 aliphatic carbocycles.